The molecule has 0 bridgehead atoms. The zero-order valence-electron chi connectivity index (χ0n) is 24.0. The van der Waals surface area contributed by atoms with Gasteiger partial charge in [0.15, 0.2) is 6.67 Å². The molecule has 0 aromatic heterocycles. The highest BCUT2D eigenvalue weighted by molar-refractivity contribution is 5.87. The van der Waals surface area contributed by atoms with Crippen LogP contribution >= 0.6 is 0 Å². The number of carbonyl (C=O) groups excluding carboxylic acids is 1. The lowest BCUT2D eigenvalue weighted by Gasteiger charge is -2.44. The number of halogens is 26. The van der Waals surface area contributed by atoms with Crippen molar-refractivity contribution in [3.8, 4) is 0 Å². The van der Waals surface area contributed by atoms with Crippen LogP contribution in [-0.2, 0) is 14.3 Å². The van der Waals surface area contributed by atoms with Crippen LogP contribution < -0.4 is 0 Å². The van der Waals surface area contributed by atoms with E-state index in [1.54, 1.807) is 0 Å². The summed E-state index contributed by atoms with van der Waals surface area (Å²) in [6, 6.07) is 0. The number of aliphatic carboxylic acids is 1. The van der Waals surface area contributed by atoms with Gasteiger partial charge in [-0.2, -0.15) is 110 Å². The number of carboxylic acid groups (broad SMARTS) is 1. The molecule has 0 aliphatic carbocycles. The Morgan fingerprint density at radius 3 is 1.06 bits per heavy atom. The minimum atomic E-state index is -9.23. The van der Waals surface area contributed by atoms with Gasteiger partial charge < -0.3 is 9.84 Å². The predicted octanol–water partition coefficient (Wildman–Crippen LogP) is 9.99. The fourth-order valence-electron chi connectivity index (χ4n) is 2.52. The molecule has 0 aliphatic rings. The van der Waals surface area contributed by atoms with E-state index in [4.69, 9.17) is 5.11 Å². The monoisotopic (exact) mass is 836 g/mol. The number of hydrogen-bond acceptors (Lipinski definition) is 3. The number of hydrogen-bond donors (Lipinski definition) is 1. The van der Waals surface area contributed by atoms with Crippen LogP contribution in [0.4, 0.5) is 114 Å². The van der Waals surface area contributed by atoms with E-state index < -0.39 is 114 Å². The van der Waals surface area contributed by atoms with Crippen LogP contribution in [0, 0.1) is 0 Å². The van der Waals surface area contributed by atoms with E-state index in [2.05, 4.69) is 17.9 Å². The molecule has 0 aromatic rings. The average Bonchev–Trinajstić information content (AvgIpc) is 2.94. The lowest BCUT2D eigenvalue weighted by Crippen LogP contribution is -2.76. The average molecular weight is 836 g/mol. The lowest BCUT2D eigenvalue weighted by molar-refractivity contribution is -0.474. The van der Waals surface area contributed by atoms with Gasteiger partial charge in [0.1, 0.15) is 0 Å². The zero-order chi connectivity index (χ0) is 43.1. The van der Waals surface area contributed by atoms with E-state index in [9.17, 15) is 124 Å². The van der Waals surface area contributed by atoms with Crippen molar-refractivity contribution >= 4 is 11.9 Å². The Kier molecular flexibility index (Phi) is 14.1. The molecule has 0 radical (unpaired) electrons. The number of carbonyl (C=O) groups is 2. The summed E-state index contributed by atoms with van der Waals surface area (Å²) in [5.74, 6) is -86.7. The summed E-state index contributed by atoms with van der Waals surface area (Å²) in [6.45, 7) is 3.65. The second-order valence-corrected chi connectivity index (χ2v) is 9.73. The summed E-state index contributed by atoms with van der Waals surface area (Å²) in [7, 11) is 0. The third-order valence-electron chi connectivity index (χ3n) is 5.78. The van der Waals surface area contributed by atoms with Crippen molar-refractivity contribution in [1.29, 1.82) is 0 Å². The fraction of sp³-hybridized carbons (Fsp3) is 0.727. The maximum atomic E-state index is 13.6. The van der Waals surface area contributed by atoms with Gasteiger partial charge in [-0.25, -0.2) is 14.0 Å². The smallest absolute Gasteiger partial charge is 0.469 e. The van der Waals surface area contributed by atoms with Gasteiger partial charge in [0.05, 0.1) is 0 Å². The number of ether oxygens (including phenoxy) is 1. The van der Waals surface area contributed by atoms with Crippen molar-refractivity contribution in [2.45, 2.75) is 91.3 Å². The van der Waals surface area contributed by atoms with Crippen molar-refractivity contribution in [2.24, 2.45) is 0 Å². The van der Waals surface area contributed by atoms with E-state index in [1.165, 1.54) is 0 Å². The predicted molar refractivity (Wildman–Crippen MR) is 113 cm³/mol. The van der Waals surface area contributed by atoms with E-state index in [0.29, 0.717) is 0 Å². The highest BCUT2D eigenvalue weighted by Gasteiger charge is 2.97. The molecule has 30 heteroatoms. The van der Waals surface area contributed by atoms with Gasteiger partial charge in [0.25, 0.3) is 0 Å². The third-order valence-corrected chi connectivity index (χ3v) is 5.78. The Hall–Kier alpha value is -3.40. The molecule has 0 saturated carbocycles. The standard InChI is InChI=1S/C15H7F21O2.C7H7F5O2/c1-4(5(37)38)2-3-6(16,17)7(18,19)8(20,21)9(22,23)10(24,25)11(26,27)12(28,29)13(30,31)14(32,33)15(34,35)36;1-4(2)5(13)14-7(11,12)6(9,10)3-8/h1-3H2,(H,37,38);1,3H2,2H3. The molecular formula is C22H14F26O4. The van der Waals surface area contributed by atoms with E-state index in [0.717, 1.165) is 6.92 Å². The first-order valence-electron chi connectivity index (χ1n) is 11.8. The summed E-state index contributed by atoms with van der Waals surface area (Å²) in [6.07, 6.45) is -18.3. The maximum Gasteiger partial charge on any atom is 0.469 e. The first-order valence-corrected chi connectivity index (χ1v) is 11.8. The highest BCUT2D eigenvalue weighted by atomic mass is 19.4. The first-order chi connectivity index (χ1) is 22.2. The largest absolute Gasteiger partial charge is 0.478 e. The van der Waals surface area contributed by atoms with Gasteiger partial charge in [0, 0.05) is 17.6 Å². The molecule has 308 valence electrons. The Labute approximate surface area is 269 Å². The molecule has 1 N–H and O–H groups in total. The van der Waals surface area contributed by atoms with Crippen LogP contribution in [-0.4, -0.2) is 95.2 Å². The Morgan fingerprint density at radius 2 is 0.808 bits per heavy atom. The molecule has 0 aliphatic heterocycles. The molecule has 0 amide bonds. The Bertz CT molecular complexity index is 1330. The van der Waals surface area contributed by atoms with E-state index in [-0.39, 0.29) is 0 Å². The number of rotatable bonds is 16. The van der Waals surface area contributed by atoms with Crippen LogP contribution in [0.25, 0.3) is 0 Å². The number of carboxylic acids is 1. The normalized spacial score (nSPS) is 15.1. The van der Waals surface area contributed by atoms with Crippen LogP contribution in [0.15, 0.2) is 24.3 Å². The van der Waals surface area contributed by atoms with Crippen molar-refractivity contribution in [1.82, 2.24) is 0 Å². The van der Waals surface area contributed by atoms with Crippen molar-refractivity contribution < 1.29 is 134 Å². The summed E-state index contributed by atoms with van der Waals surface area (Å²) >= 11 is 0. The lowest BCUT2D eigenvalue weighted by atomic mass is 9.85. The molecule has 0 aromatic carbocycles. The minimum Gasteiger partial charge on any atom is -0.478 e. The highest BCUT2D eigenvalue weighted by Crippen LogP contribution is 2.66. The molecule has 0 fully saturated rings. The molecule has 0 rings (SSSR count). The molecule has 0 heterocycles. The van der Waals surface area contributed by atoms with Gasteiger partial charge in [-0.1, -0.05) is 13.2 Å². The van der Waals surface area contributed by atoms with E-state index >= 15 is 0 Å². The summed E-state index contributed by atoms with van der Waals surface area (Å²) in [5.41, 5.74) is -2.04. The van der Waals surface area contributed by atoms with Gasteiger partial charge in [-0.05, 0) is 13.3 Å². The van der Waals surface area contributed by atoms with Crippen LogP contribution in [0.1, 0.15) is 19.8 Å². The summed E-state index contributed by atoms with van der Waals surface area (Å²) in [4.78, 5) is 20.8. The first kappa shape index (κ1) is 50.7. The second-order valence-electron chi connectivity index (χ2n) is 9.73. The Balaban J connectivity index is 0. The van der Waals surface area contributed by atoms with Crippen molar-refractivity contribution in [3.05, 3.63) is 24.3 Å². The molecule has 0 saturated heterocycles. The van der Waals surface area contributed by atoms with Crippen molar-refractivity contribution in [3.63, 3.8) is 0 Å². The van der Waals surface area contributed by atoms with Gasteiger partial charge >= 0.3 is 83.4 Å². The molecule has 0 atom stereocenters. The van der Waals surface area contributed by atoms with Gasteiger partial charge in [-0.3, -0.25) is 0 Å². The van der Waals surface area contributed by atoms with Crippen LogP contribution in [0.2, 0.25) is 0 Å². The third kappa shape index (κ3) is 8.22. The number of alkyl halides is 26. The quantitative estimate of drug-likeness (QED) is 0.0956. The van der Waals surface area contributed by atoms with Crippen LogP contribution in [0.3, 0.4) is 0 Å². The van der Waals surface area contributed by atoms with Crippen molar-refractivity contribution in [2.75, 3.05) is 6.67 Å². The van der Waals surface area contributed by atoms with E-state index in [1.807, 2.05) is 0 Å². The minimum absolute atomic E-state index is 0.487. The zero-order valence-corrected chi connectivity index (χ0v) is 24.0. The van der Waals surface area contributed by atoms with Crippen LogP contribution in [0.5, 0.6) is 0 Å². The topological polar surface area (TPSA) is 63.6 Å². The maximum absolute atomic E-state index is 13.6. The Morgan fingerprint density at radius 1 is 0.519 bits per heavy atom. The van der Waals surface area contributed by atoms with Gasteiger partial charge in [0.2, 0.25) is 0 Å². The molecule has 4 nitrogen and oxygen atoms in total. The molecular weight excluding hydrogens is 822 g/mol. The number of esters is 1. The van der Waals surface area contributed by atoms with Gasteiger partial charge in [-0.15, -0.1) is 0 Å². The SMILES string of the molecule is C=C(C)C(=O)OC(F)(F)C(F)(F)CF.C=C(CCC(F)(F)C(F)(F)C(F)(F)C(F)(F)C(F)(F)C(F)(F)C(F)(F)C(F)(F)C(F)(F)C(F)(F)F)C(=O)O. The molecule has 0 unspecified atom stereocenters. The second kappa shape index (κ2) is 14.4. The molecule has 52 heavy (non-hydrogen) atoms. The summed E-state index contributed by atoms with van der Waals surface area (Å²) in [5, 5.41) is 8.28. The summed E-state index contributed by atoms with van der Waals surface area (Å²) < 4.78 is 340. The molecule has 0 spiro atoms. The fourth-order valence-corrected chi connectivity index (χ4v) is 2.52.